The van der Waals surface area contributed by atoms with Gasteiger partial charge >= 0.3 is 0 Å². The number of hydrogen-bond donors (Lipinski definition) is 2. The van der Waals surface area contributed by atoms with Gasteiger partial charge in [-0.05, 0) is 43.9 Å². The van der Waals surface area contributed by atoms with E-state index >= 15 is 0 Å². The summed E-state index contributed by atoms with van der Waals surface area (Å²) in [6.45, 7) is 0.674. The van der Waals surface area contributed by atoms with Crippen molar-refractivity contribution in [3.63, 3.8) is 0 Å². The van der Waals surface area contributed by atoms with Crippen molar-refractivity contribution in [3.8, 4) is 0 Å². The van der Waals surface area contributed by atoms with Gasteiger partial charge in [-0.3, -0.25) is 14.6 Å². The minimum absolute atomic E-state index is 0.149. The Morgan fingerprint density at radius 1 is 1.20 bits per heavy atom. The van der Waals surface area contributed by atoms with E-state index in [-0.39, 0.29) is 11.8 Å². The zero-order chi connectivity index (χ0) is 13.7. The summed E-state index contributed by atoms with van der Waals surface area (Å²) in [5.41, 5.74) is 0. The van der Waals surface area contributed by atoms with Crippen molar-refractivity contribution in [1.82, 2.24) is 10.6 Å². The van der Waals surface area contributed by atoms with Crippen molar-refractivity contribution in [2.24, 2.45) is 16.8 Å². The van der Waals surface area contributed by atoms with Crippen LogP contribution in [-0.2, 0) is 9.59 Å². The third kappa shape index (κ3) is 1.80. The number of nitrogens with zero attached hydrogens (tertiary/aromatic N) is 1. The molecule has 2 N–H and O–H groups in total. The summed E-state index contributed by atoms with van der Waals surface area (Å²) >= 11 is 1.34. The molecule has 1 spiro atoms. The van der Waals surface area contributed by atoms with Crippen molar-refractivity contribution in [3.05, 3.63) is 0 Å². The summed E-state index contributed by atoms with van der Waals surface area (Å²) in [5, 5.41) is 6.33. The fourth-order valence-electron chi connectivity index (χ4n) is 4.12. The number of aliphatic imine (C=N–C) groups is 1. The Kier molecular flexibility index (Phi) is 2.84. The van der Waals surface area contributed by atoms with Crippen LogP contribution in [0, 0.1) is 11.8 Å². The highest BCUT2D eigenvalue weighted by Gasteiger charge is 2.54. The van der Waals surface area contributed by atoms with Gasteiger partial charge in [0.05, 0.1) is 6.04 Å². The highest BCUT2D eigenvalue weighted by Crippen LogP contribution is 2.47. The van der Waals surface area contributed by atoms with E-state index in [2.05, 4.69) is 10.6 Å². The van der Waals surface area contributed by atoms with Gasteiger partial charge in [0.2, 0.25) is 5.91 Å². The van der Waals surface area contributed by atoms with E-state index in [4.69, 9.17) is 4.99 Å². The fraction of sp³-hybridized carbons (Fsp3) is 0.786. The molecule has 4 rings (SSSR count). The molecule has 2 bridgehead atoms. The standard InChI is InChI=1S/C14H19N3O2S/c18-11-14(4-1-5-15-11)12(19)17-13(20-14)16-10-7-8-2-3-9(10)6-8/h8-10H,1-7H2,(H,15,18)(H,16,17,19)/t8-,9+,10+,14?/m0/s1. The number of rotatable bonds is 1. The molecule has 0 aromatic heterocycles. The minimum Gasteiger partial charge on any atom is -0.354 e. The summed E-state index contributed by atoms with van der Waals surface area (Å²) in [7, 11) is 0. The molecule has 5 nitrogen and oxygen atoms in total. The smallest absolute Gasteiger partial charge is 0.252 e. The molecular formula is C14H19N3O2S. The molecule has 0 aromatic rings. The van der Waals surface area contributed by atoms with Gasteiger partial charge in [-0.1, -0.05) is 18.2 Å². The molecule has 4 fully saturated rings. The SMILES string of the molecule is O=C1NCCCC12SC(=N[C@@H]1C[C@H]3CC[C@@H]1C3)NC2=O. The zero-order valence-electron chi connectivity index (χ0n) is 11.4. The maximum absolute atomic E-state index is 12.2. The first kappa shape index (κ1) is 12.7. The Hall–Kier alpha value is -1.04. The van der Waals surface area contributed by atoms with Crippen molar-refractivity contribution in [2.75, 3.05) is 6.54 Å². The molecular weight excluding hydrogens is 274 g/mol. The first-order valence-electron chi connectivity index (χ1n) is 7.54. The quantitative estimate of drug-likeness (QED) is 0.710. The van der Waals surface area contributed by atoms with E-state index in [1.54, 1.807) is 0 Å². The van der Waals surface area contributed by atoms with Crippen molar-refractivity contribution in [1.29, 1.82) is 0 Å². The maximum atomic E-state index is 12.2. The number of fused-ring (bicyclic) bond motifs is 2. The molecule has 108 valence electrons. The van der Waals surface area contributed by atoms with Crippen LogP contribution in [0.3, 0.4) is 0 Å². The summed E-state index contributed by atoms with van der Waals surface area (Å²) in [4.78, 5) is 29.1. The number of carbonyl (C=O) groups excluding carboxylic acids is 2. The third-order valence-corrected chi connectivity index (χ3v) is 6.52. The molecule has 2 aliphatic carbocycles. The Labute approximate surface area is 122 Å². The highest BCUT2D eigenvalue weighted by molar-refractivity contribution is 8.17. The average Bonchev–Trinajstić information content (AvgIpc) is 3.10. The van der Waals surface area contributed by atoms with E-state index in [1.807, 2.05) is 0 Å². The monoisotopic (exact) mass is 293 g/mol. The Morgan fingerprint density at radius 2 is 2.10 bits per heavy atom. The molecule has 0 radical (unpaired) electrons. The van der Waals surface area contributed by atoms with Gasteiger partial charge in [0.1, 0.15) is 0 Å². The van der Waals surface area contributed by atoms with Crippen LogP contribution in [0.25, 0.3) is 0 Å². The molecule has 1 unspecified atom stereocenters. The lowest BCUT2D eigenvalue weighted by Gasteiger charge is -2.27. The minimum atomic E-state index is -0.950. The number of hydrogen-bond acceptors (Lipinski definition) is 4. The van der Waals surface area contributed by atoms with E-state index in [9.17, 15) is 9.59 Å². The van der Waals surface area contributed by atoms with Crippen LogP contribution >= 0.6 is 11.8 Å². The fourth-order valence-corrected chi connectivity index (χ4v) is 5.34. The molecule has 2 aliphatic heterocycles. The van der Waals surface area contributed by atoms with Gasteiger partial charge in [-0.25, -0.2) is 0 Å². The lowest BCUT2D eigenvalue weighted by molar-refractivity contribution is -0.133. The second-order valence-electron chi connectivity index (χ2n) is 6.42. The second-order valence-corrected chi connectivity index (χ2v) is 7.71. The van der Waals surface area contributed by atoms with Gasteiger partial charge in [-0.15, -0.1) is 0 Å². The highest BCUT2D eigenvalue weighted by atomic mass is 32.2. The molecule has 2 saturated heterocycles. The predicted molar refractivity (Wildman–Crippen MR) is 77.4 cm³/mol. The maximum Gasteiger partial charge on any atom is 0.252 e. The van der Waals surface area contributed by atoms with E-state index in [0.717, 1.165) is 18.8 Å². The molecule has 4 atom stereocenters. The van der Waals surface area contributed by atoms with Gasteiger partial charge in [-0.2, -0.15) is 0 Å². The number of carbonyl (C=O) groups is 2. The van der Waals surface area contributed by atoms with Crippen LogP contribution in [0.15, 0.2) is 4.99 Å². The lowest BCUT2D eigenvalue weighted by Crippen LogP contribution is -2.53. The van der Waals surface area contributed by atoms with Crippen LogP contribution in [-0.4, -0.2) is 34.3 Å². The molecule has 2 saturated carbocycles. The van der Waals surface area contributed by atoms with E-state index < -0.39 is 4.75 Å². The van der Waals surface area contributed by atoms with Gasteiger partial charge < -0.3 is 10.6 Å². The average molecular weight is 293 g/mol. The van der Waals surface area contributed by atoms with Gasteiger partial charge in [0.25, 0.3) is 5.91 Å². The summed E-state index contributed by atoms with van der Waals surface area (Å²) < 4.78 is -0.950. The molecule has 4 aliphatic rings. The van der Waals surface area contributed by atoms with Crippen molar-refractivity contribution in [2.45, 2.75) is 49.3 Å². The third-order valence-electron chi connectivity index (χ3n) is 5.20. The van der Waals surface area contributed by atoms with E-state index in [1.165, 1.54) is 31.0 Å². The molecule has 0 aromatic carbocycles. The van der Waals surface area contributed by atoms with Gasteiger partial charge in [0.15, 0.2) is 9.91 Å². The molecule has 6 heteroatoms. The number of piperidine rings is 1. The first-order chi connectivity index (χ1) is 9.67. The summed E-state index contributed by atoms with van der Waals surface area (Å²) in [6.07, 6.45) is 6.54. The van der Waals surface area contributed by atoms with Crippen LogP contribution < -0.4 is 10.6 Å². The van der Waals surface area contributed by atoms with Crippen LogP contribution in [0.5, 0.6) is 0 Å². The number of amides is 2. The number of thioether (sulfide) groups is 1. The van der Waals surface area contributed by atoms with Crippen LogP contribution in [0.1, 0.15) is 38.5 Å². The van der Waals surface area contributed by atoms with Crippen molar-refractivity contribution >= 4 is 28.7 Å². The molecule has 2 heterocycles. The topological polar surface area (TPSA) is 70.6 Å². The molecule has 20 heavy (non-hydrogen) atoms. The predicted octanol–water partition coefficient (Wildman–Crippen LogP) is 1.04. The van der Waals surface area contributed by atoms with Crippen LogP contribution in [0.2, 0.25) is 0 Å². The number of amidine groups is 1. The largest absolute Gasteiger partial charge is 0.354 e. The first-order valence-corrected chi connectivity index (χ1v) is 8.35. The zero-order valence-corrected chi connectivity index (χ0v) is 12.2. The second kappa shape index (κ2) is 4.48. The van der Waals surface area contributed by atoms with Crippen LogP contribution in [0.4, 0.5) is 0 Å². The number of nitrogens with one attached hydrogen (secondary N) is 2. The lowest BCUT2D eigenvalue weighted by atomic mass is 9.96. The van der Waals surface area contributed by atoms with E-state index in [0.29, 0.717) is 30.1 Å². The Balaban J connectivity index is 1.54. The summed E-state index contributed by atoms with van der Waals surface area (Å²) in [5.74, 6) is 1.20. The Morgan fingerprint density at radius 3 is 2.80 bits per heavy atom. The Bertz CT molecular complexity index is 507. The van der Waals surface area contributed by atoms with Gasteiger partial charge in [0, 0.05) is 6.54 Å². The molecule has 2 amide bonds. The van der Waals surface area contributed by atoms with Crippen molar-refractivity contribution < 1.29 is 9.59 Å². The normalized spacial score (nSPS) is 45.2. The summed E-state index contributed by atoms with van der Waals surface area (Å²) in [6, 6.07) is 0.360.